The summed E-state index contributed by atoms with van der Waals surface area (Å²) in [6, 6.07) is 0. The molecular weight excluding hydrogens is 979 g/mol. The van der Waals surface area contributed by atoms with Crippen LogP contribution in [0.1, 0.15) is 118 Å². The lowest BCUT2D eigenvalue weighted by Gasteiger charge is -2.48. The van der Waals surface area contributed by atoms with Gasteiger partial charge in [-0.1, -0.05) is 101 Å². The van der Waals surface area contributed by atoms with Gasteiger partial charge in [0.2, 0.25) is 0 Å². The van der Waals surface area contributed by atoms with Gasteiger partial charge >= 0.3 is 17.9 Å². The van der Waals surface area contributed by atoms with Crippen molar-refractivity contribution in [2.45, 2.75) is 188 Å². The number of aliphatic hydroxyl groups is 5. The fraction of sp³-hybridized carbons (Fsp3) is 0.642. The zero-order chi connectivity index (χ0) is 54.1. The molecule has 3 aliphatic rings. The lowest BCUT2D eigenvalue weighted by molar-refractivity contribution is -0.295. The minimum Gasteiger partial charge on any atom is -0.505 e. The van der Waals surface area contributed by atoms with Gasteiger partial charge in [-0.2, -0.15) is 0 Å². The van der Waals surface area contributed by atoms with Gasteiger partial charge in [0.05, 0.1) is 53.6 Å². The Bertz CT molecular complexity index is 2210. The second kappa shape index (κ2) is 26.6. The number of aliphatic hydroxyl groups excluding tert-OH is 5. The maximum atomic E-state index is 14.0. The molecule has 7 N–H and O–H groups in total. The molecule has 0 spiro atoms. The normalized spacial score (nSPS) is 31.5. The van der Waals surface area contributed by atoms with Crippen molar-refractivity contribution in [3.63, 3.8) is 0 Å². The van der Waals surface area contributed by atoms with Crippen molar-refractivity contribution in [3.05, 3.63) is 79.9 Å². The molecule has 17 nitrogen and oxygen atoms in total. The Balaban J connectivity index is 1.61. The Morgan fingerprint density at radius 2 is 1.58 bits per heavy atom. The van der Waals surface area contributed by atoms with Crippen molar-refractivity contribution >= 4 is 41.1 Å². The number of allylic oxidation sites excluding steroid dienone is 4. The van der Waals surface area contributed by atoms with Crippen molar-refractivity contribution in [1.29, 1.82) is 0 Å². The van der Waals surface area contributed by atoms with Crippen molar-refractivity contribution in [3.8, 4) is 11.5 Å². The molecule has 2 heterocycles. The number of methoxy groups -OCH3 is 1. The van der Waals surface area contributed by atoms with E-state index >= 15 is 0 Å². The Hall–Kier alpha value is -3.85. The summed E-state index contributed by atoms with van der Waals surface area (Å²) in [4.78, 5) is 40.1. The largest absolute Gasteiger partial charge is 0.505 e. The van der Waals surface area contributed by atoms with E-state index in [1.807, 2.05) is 46.8 Å². The summed E-state index contributed by atoms with van der Waals surface area (Å²) in [6.07, 6.45) is -3.59. The lowest BCUT2D eigenvalue weighted by Crippen LogP contribution is -2.60. The number of benzene rings is 1. The number of rotatable bonds is 13. The second-order valence-electron chi connectivity index (χ2n) is 20.0. The summed E-state index contributed by atoms with van der Waals surface area (Å²) >= 11 is 12.3. The number of phenolic OH excluding ortho intramolecular Hbond substituents is 2. The molecule has 1 aromatic rings. The smallest absolute Gasteiger partial charge is 0.342 e. The van der Waals surface area contributed by atoms with Crippen molar-refractivity contribution in [2.75, 3.05) is 13.7 Å². The molecule has 0 bridgehead atoms. The number of carbonyl (C=O) groups is 3. The highest BCUT2D eigenvalue weighted by Gasteiger charge is 2.52. The molecule has 0 radical (unpaired) electrons. The van der Waals surface area contributed by atoms with Gasteiger partial charge in [0.1, 0.15) is 47.2 Å². The van der Waals surface area contributed by atoms with Gasteiger partial charge in [-0.3, -0.25) is 4.79 Å². The fourth-order valence-electron chi connectivity index (χ4n) is 9.11. The van der Waals surface area contributed by atoms with Gasteiger partial charge in [0, 0.05) is 24.9 Å². The number of hydrogen-bond acceptors (Lipinski definition) is 17. The van der Waals surface area contributed by atoms with Gasteiger partial charge < -0.3 is 68.9 Å². The average Bonchev–Trinajstić information content (AvgIpc) is 3.32. The zero-order valence-electron chi connectivity index (χ0n) is 43.3. The molecule has 19 heteroatoms. The van der Waals surface area contributed by atoms with Gasteiger partial charge in [-0.15, -0.1) is 0 Å². The van der Waals surface area contributed by atoms with E-state index in [9.17, 15) is 50.1 Å². The maximum absolute atomic E-state index is 14.0. The van der Waals surface area contributed by atoms with E-state index in [-0.39, 0.29) is 47.8 Å². The van der Waals surface area contributed by atoms with E-state index in [0.717, 1.165) is 11.1 Å². The Labute approximate surface area is 433 Å². The van der Waals surface area contributed by atoms with Crippen LogP contribution in [-0.4, -0.2) is 147 Å². The summed E-state index contributed by atoms with van der Waals surface area (Å²) in [5.74, 6) is -4.54. The minimum atomic E-state index is -1.57. The van der Waals surface area contributed by atoms with Gasteiger partial charge in [-0.05, 0) is 83.1 Å². The quantitative estimate of drug-likeness (QED) is 0.0602. The van der Waals surface area contributed by atoms with E-state index in [0.29, 0.717) is 12.0 Å². The highest BCUT2D eigenvalue weighted by atomic mass is 35.5. The van der Waals surface area contributed by atoms with Crippen LogP contribution in [-0.2, 0) is 49.2 Å². The first-order valence-corrected chi connectivity index (χ1v) is 25.2. The number of ether oxygens (including phenoxy) is 7. The van der Waals surface area contributed by atoms with Crippen LogP contribution in [0.25, 0.3) is 0 Å². The Morgan fingerprint density at radius 1 is 0.917 bits per heavy atom. The number of esters is 3. The van der Waals surface area contributed by atoms with E-state index < -0.39 is 137 Å². The number of carbonyl (C=O) groups excluding carboxylic acids is 3. The first-order chi connectivity index (χ1) is 33.7. The fourth-order valence-corrected chi connectivity index (χ4v) is 9.67. The molecule has 404 valence electrons. The second-order valence-corrected chi connectivity index (χ2v) is 20.8. The Kier molecular flexibility index (Phi) is 22.4. The highest BCUT2D eigenvalue weighted by molar-refractivity contribution is 6.39. The summed E-state index contributed by atoms with van der Waals surface area (Å²) in [5.41, 5.74) is 1.000. The van der Waals surface area contributed by atoms with E-state index in [1.54, 1.807) is 45.9 Å². The predicted octanol–water partition coefficient (Wildman–Crippen LogP) is 6.90. The monoisotopic (exact) mass is 1050 g/mol. The summed E-state index contributed by atoms with van der Waals surface area (Å²) in [7, 11) is 1.27. The predicted molar refractivity (Wildman–Crippen MR) is 268 cm³/mol. The molecule has 2 fully saturated rings. The molecule has 0 aromatic heterocycles. The van der Waals surface area contributed by atoms with Crippen LogP contribution in [0.15, 0.2) is 58.7 Å². The molecule has 0 amide bonds. The topological polar surface area (TPSA) is 257 Å². The third-order valence-corrected chi connectivity index (χ3v) is 14.3. The molecule has 4 rings (SSSR count). The molecule has 0 unspecified atom stereocenters. The Morgan fingerprint density at radius 3 is 2.18 bits per heavy atom. The number of halogens is 2. The van der Waals surface area contributed by atoms with Crippen LogP contribution in [0, 0.1) is 17.3 Å². The summed E-state index contributed by atoms with van der Waals surface area (Å²) < 4.78 is 41.7. The molecule has 1 saturated heterocycles. The van der Waals surface area contributed by atoms with Crippen LogP contribution < -0.4 is 0 Å². The SMILES string of the molecule is CCc1c(Cl)c(O)c(Cl)c(O)c1C(=O)O[C@H]1[C@H](O)[C@H](OC)[C@H](OCC2=CC=CC[C@H](O)C(C)=C[C@H](CC)[C@@H](O[C@@H]3CC(C)(C)[C@@H](OC(=O)C(C)C)[C@H](O)[C@@H]3O)C(C)=CC(C)=CC[C@@H]([C@@H](C)O)OC2=O)O[C@@H]1C. The van der Waals surface area contributed by atoms with Gasteiger partial charge in [0.25, 0.3) is 0 Å². The average molecular weight is 1060 g/mol. The first kappa shape index (κ1) is 60.7. The minimum absolute atomic E-state index is 0.0253. The van der Waals surface area contributed by atoms with Crippen molar-refractivity contribution in [1.82, 2.24) is 0 Å². The molecule has 1 aromatic carbocycles. The standard InChI is InChI=1S/C53H76Cl2O17/c1-13-31-22-27(6)34(57)18-16-15-17-32(24-67-52-47(66-12)44(62)46(30(9)68-52)71-51(65)37-33(14-2)38(54)42(60)39(55)41(37)59)50(64)70-35(29(8)56)20-19-26(5)21-28(7)45(31)69-36-23-53(10,11)48(43(61)40(36)58)72-49(63)25(3)4/h15-17,19,21-22,25,29-31,34-36,40,43-48,52,56-62H,13-14,18,20,23-24H2,1-12H3/t29-,30-,31+,34+,35+,36-,40-,43-,44+,45+,46-,47+,48+,52-/m1/s1. The van der Waals surface area contributed by atoms with Crippen LogP contribution in [0.2, 0.25) is 10.0 Å². The van der Waals surface area contributed by atoms with Crippen LogP contribution >= 0.6 is 23.2 Å². The number of aromatic hydroxyl groups is 2. The molecule has 1 saturated carbocycles. The summed E-state index contributed by atoms with van der Waals surface area (Å²) in [5, 5.41) is 76.7. The number of cyclic esters (lactones) is 1. The number of phenols is 2. The van der Waals surface area contributed by atoms with Crippen LogP contribution in [0.4, 0.5) is 0 Å². The third kappa shape index (κ3) is 14.7. The van der Waals surface area contributed by atoms with Crippen molar-refractivity contribution < 1.29 is 83.3 Å². The third-order valence-electron chi connectivity index (χ3n) is 13.5. The van der Waals surface area contributed by atoms with Crippen LogP contribution in [0.5, 0.6) is 11.5 Å². The molecular formula is C53H76Cl2O17. The maximum Gasteiger partial charge on any atom is 0.342 e. The molecule has 14 atom stereocenters. The van der Waals surface area contributed by atoms with E-state index in [1.165, 1.54) is 27.0 Å². The molecule has 2 aliphatic heterocycles. The molecule has 1 aliphatic carbocycles. The van der Waals surface area contributed by atoms with Crippen LogP contribution in [0.3, 0.4) is 0 Å². The van der Waals surface area contributed by atoms with Crippen molar-refractivity contribution in [2.24, 2.45) is 17.3 Å². The van der Waals surface area contributed by atoms with Gasteiger partial charge in [0.15, 0.2) is 23.9 Å². The lowest BCUT2D eigenvalue weighted by atomic mass is 9.70. The first-order valence-electron chi connectivity index (χ1n) is 24.5. The van der Waals surface area contributed by atoms with E-state index in [2.05, 4.69) is 0 Å². The molecule has 72 heavy (non-hydrogen) atoms. The highest BCUT2D eigenvalue weighted by Crippen LogP contribution is 2.45. The zero-order valence-corrected chi connectivity index (χ0v) is 44.8. The number of hydrogen-bond donors (Lipinski definition) is 7. The van der Waals surface area contributed by atoms with Gasteiger partial charge in [-0.25, -0.2) is 9.59 Å². The van der Waals surface area contributed by atoms with E-state index in [4.69, 9.17) is 56.4 Å². The summed E-state index contributed by atoms with van der Waals surface area (Å²) in [6.45, 7) is 18.8.